The Hall–Kier alpha value is -1.70. The molecule has 0 saturated heterocycles. The lowest BCUT2D eigenvalue weighted by atomic mass is 10.3. The van der Waals surface area contributed by atoms with Gasteiger partial charge in [-0.2, -0.15) is 0 Å². The predicted molar refractivity (Wildman–Crippen MR) is 105 cm³/mol. The van der Waals surface area contributed by atoms with Crippen molar-refractivity contribution in [2.45, 2.75) is 11.8 Å². The van der Waals surface area contributed by atoms with E-state index in [0.717, 1.165) is 21.2 Å². The number of hydrogen-bond acceptors (Lipinski definition) is 4. The van der Waals surface area contributed by atoms with E-state index in [1.165, 1.54) is 0 Å². The topological polar surface area (TPSA) is 66.5 Å². The molecule has 8 heteroatoms. The number of nitrogens with one attached hydrogen (secondary N) is 1. The highest BCUT2D eigenvalue weighted by molar-refractivity contribution is 7.99. The molecule has 0 radical (unpaired) electrons. The van der Waals surface area contributed by atoms with Gasteiger partial charge in [0.05, 0.1) is 17.6 Å². The van der Waals surface area contributed by atoms with Crippen molar-refractivity contribution in [3.05, 3.63) is 53.6 Å². The van der Waals surface area contributed by atoms with Gasteiger partial charge in [0.25, 0.3) is 0 Å². The van der Waals surface area contributed by atoms with Gasteiger partial charge in [-0.05, 0) is 42.2 Å². The Balaban J connectivity index is 2.19. The Bertz CT molecular complexity index is 839. The fourth-order valence-corrected chi connectivity index (χ4v) is 3.92. The summed E-state index contributed by atoms with van der Waals surface area (Å²) < 4.78 is 25.2. The number of sulfonamides is 1. The highest BCUT2D eigenvalue weighted by Gasteiger charge is 2.21. The molecule has 5 nitrogen and oxygen atoms in total. The van der Waals surface area contributed by atoms with Crippen molar-refractivity contribution in [2.75, 3.05) is 28.2 Å². The summed E-state index contributed by atoms with van der Waals surface area (Å²) in [6.45, 7) is 1.71. The summed E-state index contributed by atoms with van der Waals surface area (Å²) in [5.74, 6) is 0.456. The normalized spacial score (nSPS) is 11.2. The molecule has 2 aromatic rings. The van der Waals surface area contributed by atoms with Gasteiger partial charge in [-0.15, -0.1) is 11.8 Å². The lowest BCUT2D eigenvalue weighted by Crippen LogP contribution is -2.37. The van der Waals surface area contributed by atoms with Crippen molar-refractivity contribution in [1.29, 1.82) is 0 Å². The zero-order chi connectivity index (χ0) is 18.4. The molecule has 0 fully saturated rings. The summed E-state index contributed by atoms with van der Waals surface area (Å²) in [6.07, 6.45) is 1.07. The number of nitrogens with zero attached hydrogens (tertiary/aromatic N) is 1. The average Bonchev–Trinajstić information content (AvgIpc) is 2.55. The first kappa shape index (κ1) is 19.6. The Kier molecular flexibility index (Phi) is 6.75. The van der Waals surface area contributed by atoms with Crippen LogP contribution in [0.2, 0.25) is 5.02 Å². The molecule has 0 aromatic heterocycles. The highest BCUT2D eigenvalue weighted by Crippen LogP contribution is 2.27. The van der Waals surface area contributed by atoms with Gasteiger partial charge in [0.15, 0.2) is 0 Å². The van der Waals surface area contributed by atoms with Crippen LogP contribution in [0.15, 0.2) is 53.4 Å². The molecule has 0 unspecified atom stereocenters. The SMILES string of the molecule is CCSc1ccccc1NC(=O)CN(c1ccc(Cl)cc1)S(C)(=O)=O. The molecule has 2 rings (SSSR count). The molecular formula is C17H19ClN2O3S2. The third-order valence-electron chi connectivity index (χ3n) is 3.26. The standard InChI is InChI=1S/C17H19ClN2O3S2/c1-3-24-16-7-5-4-6-15(16)19-17(21)12-20(25(2,22)23)14-10-8-13(18)9-11-14/h4-11H,3,12H2,1-2H3,(H,19,21). The molecule has 0 saturated carbocycles. The molecule has 1 amide bonds. The zero-order valence-electron chi connectivity index (χ0n) is 13.9. The van der Waals surface area contributed by atoms with Crippen LogP contribution < -0.4 is 9.62 Å². The molecule has 25 heavy (non-hydrogen) atoms. The number of halogens is 1. The maximum absolute atomic E-state index is 12.4. The lowest BCUT2D eigenvalue weighted by molar-refractivity contribution is -0.114. The molecule has 0 bridgehead atoms. The first-order valence-corrected chi connectivity index (χ1v) is 10.8. The summed E-state index contributed by atoms with van der Waals surface area (Å²) in [5, 5.41) is 3.28. The Morgan fingerprint density at radius 1 is 1.16 bits per heavy atom. The molecule has 2 aromatic carbocycles. The Labute approximate surface area is 157 Å². The summed E-state index contributed by atoms with van der Waals surface area (Å²) in [6, 6.07) is 13.7. The van der Waals surface area contributed by atoms with Gasteiger partial charge in [-0.25, -0.2) is 8.42 Å². The number of anilines is 2. The fraction of sp³-hybridized carbons (Fsp3) is 0.235. The largest absolute Gasteiger partial charge is 0.323 e. The van der Waals surface area contributed by atoms with Crippen LogP contribution in [0.25, 0.3) is 0 Å². The maximum atomic E-state index is 12.4. The van der Waals surface area contributed by atoms with Crippen LogP contribution in [0.5, 0.6) is 0 Å². The first-order chi connectivity index (χ1) is 11.8. The van der Waals surface area contributed by atoms with Crippen LogP contribution in [0.4, 0.5) is 11.4 Å². The predicted octanol–water partition coefficient (Wildman–Crippen LogP) is 3.86. The first-order valence-electron chi connectivity index (χ1n) is 7.56. The van der Waals surface area contributed by atoms with Crippen molar-refractivity contribution >= 4 is 50.7 Å². The quantitative estimate of drug-likeness (QED) is 0.719. The van der Waals surface area contributed by atoms with Gasteiger partial charge >= 0.3 is 0 Å². The van der Waals surface area contributed by atoms with Crippen molar-refractivity contribution < 1.29 is 13.2 Å². The van der Waals surface area contributed by atoms with Crippen molar-refractivity contribution in [1.82, 2.24) is 0 Å². The van der Waals surface area contributed by atoms with E-state index in [2.05, 4.69) is 5.32 Å². The number of rotatable bonds is 7. The molecule has 1 N–H and O–H groups in total. The Morgan fingerprint density at radius 3 is 2.40 bits per heavy atom. The van der Waals surface area contributed by atoms with Gasteiger partial charge in [-0.1, -0.05) is 30.7 Å². The van der Waals surface area contributed by atoms with Gasteiger partial charge in [0, 0.05) is 9.92 Å². The van der Waals surface area contributed by atoms with Crippen molar-refractivity contribution in [3.63, 3.8) is 0 Å². The van der Waals surface area contributed by atoms with Crippen LogP contribution in [0, 0.1) is 0 Å². The second-order valence-electron chi connectivity index (χ2n) is 5.22. The van der Waals surface area contributed by atoms with E-state index in [4.69, 9.17) is 11.6 Å². The Morgan fingerprint density at radius 2 is 1.80 bits per heavy atom. The molecule has 0 aliphatic rings. The smallest absolute Gasteiger partial charge is 0.245 e. The molecule has 0 aliphatic heterocycles. The van der Waals surface area contributed by atoms with Crippen molar-refractivity contribution in [3.8, 4) is 0 Å². The molecule has 0 atom stereocenters. The number of benzene rings is 2. The summed E-state index contributed by atoms with van der Waals surface area (Å²) in [7, 11) is -3.61. The van der Waals surface area contributed by atoms with E-state index in [-0.39, 0.29) is 6.54 Å². The fourth-order valence-electron chi connectivity index (χ4n) is 2.18. The van der Waals surface area contributed by atoms with Gasteiger partial charge in [0.2, 0.25) is 15.9 Å². The van der Waals surface area contributed by atoms with Crippen LogP contribution in [0.3, 0.4) is 0 Å². The lowest BCUT2D eigenvalue weighted by Gasteiger charge is -2.22. The number of para-hydroxylation sites is 1. The minimum Gasteiger partial charge on any atom is -0.323 e. The van der Waals surface area contributed by atoms with Crippen LogP contribution in [-0.2, 0) is 14.8 Å². The number of hydrogen-bond donors (Lipinski definition) is 1. The monoisotopic (exact) mass is 398 g/mol. The van der Waals surface area contributed by atoms with Gasteiger partial charge in [-0.3, -0.25) is 9.10 Å². The van der Waals surface area contributed by atoms with E-state index in [1.807, 2.05) is 25.1 Å². The molecule has 134 valence electrons. The summed E-state index contributed by atoms with van der Waals surface area (Å²) in [4.78, 5) is 13.4. The average molecular weight is 399 g/mol. The summed E-state index contributed by atoms with van der Waals surface area (Å²) in [5.41, 5.74) is 1.06. The molecule has 0 heterocycles. The van der Waals surface area contributed by atoms with Crippen LogP contribution in [0.1, 0.15) is 6.92 Å². The van der Waals surface area contributed by atoms with Gasteiger partial charge in [0.1, 0.15) is 6.54 Å². The van der Waals surface area contributed by atoms with E-state index in [0.29, 0.717) is 16.4 Å². The van der Waals surface area contributed by atoms with Crippen molar-refractivity contribution in [2.24, 2.45) is 0 Å². The summed E-state index contributed by atoms with van der Waals surface area (Å²) >= 11 is 7.45. The second-order valence-corrected chi connectivity index (χ2v) is 8.87. The molecule has 0 spiro atoms. The molecule has 0 aliphatic carbocycles. The minimum atomic E-state index is -3.61. The third kappa shape index (κ3) is 5.66. The van der Waals surface area contributed by atoms with Crippen LogP contribution >= 0.6 is 23.4 Å². The minimum absolute atomic E-state index is 0.314. The van der Waals surface area contributed by atoms with E-state index in [9.17, 15) is 13.2 Å². The number of thioether (sulfide) groups is 1. The van der Waals surface area contributed by atoms with E-state index >= 15 is 0 Å². The third-order valence-corrected chi connectivity index (χ3v) is 5.61. The molecular weight excluding hydrogens is 380 g/mol. The maximum Gasteiger partial charge on any atom is 0.245 e. The highest BCUT2D eigenvalue weighted by atomic mass is 35.5. The number of carbonyl (C=O) groups excluding carboxylic acids is 1. The number of amides is 1. The van der Waals surface area contributed by atoms with Crippen LogP contribution in [-0.4, -0.2) is 32.9 Å². The second kappa shape index (κ2) is 8.60. The van der Waals surface area contributed by atoms with E-state index in [1.54, 1.807) is 42.1 Å². The number of carbonyl (C=O) groups is 1. The van der Waals surface area contributed by atoms with Gasteiger partial charge < -0.3 is 5.32 Å². The van der Waals surface area contributed by atoms with E-state index < -0.39 is 15.9 Å². The zero-order valence-corrected chi connectivity index (χ0v) is 16.3.